The zero-order valence-corrected chi connectivity index (χ0v) is 15.3. The van der Waals surface area contributed by atoms with Crippen LogP contribution in [0.15, 0.2) is 54.6 Å². The molecule has 0 radical (unpaired) electrons. The fourth-order valence-electron chi connectivity index (χ4n) is 3.41. The number of nitrogens with one attached hydrogen (secondary N) is 1. The maximum Gasteiger partial charge on any atom is 0.312 e. The molecule has 1 aliphatic rings. The molecule has 1 atom stereocenters. The fraction of sp³-hybridized carbons (Fsp3) is 0.333. The van der Waals surface area contributed by atoms with Crippen LogP contribution in [0.25, 0.3) is 0 Å². The lowest BCUT2D eigenvalue weighted by molar-refractivity contribution is -0.151. The maximum atomic E-state index is 12.8. The van der Waals surface area contributed by atoms with E-state index in [1.54, 1.807) is 11.9 Å². The molecule has 0 aliphatic carbocycles. The first-order chi connectivity index (χ1) is 12.6. The number of carbonyl (C=O) groups is 2. The van der Waals surface area contributed by atoms with Gasteiger partial charge in [0.1, 0.15) is 0 Å². The van der Waals surface area contributed by atoms with Crippen molar-refractivity contribution in [2.45, 2.75) is 12.5 Å². The molecule has 0 saturated heterocycles. The molecule has 26 heavy (non-hydrogen) atoms. The van der Waals surface area contributed by atoms with Gasteiger partial charge in [0.2, 0.25) is 0 Å². The van der Waals surface area contributed by atoms with Crippen LogP contribution in [0.1, 0.15) is 22.6 Å². The average molecular weight is 351 g/mol. The highest BCUT2D eigenvalue weighted by Gasteiger charge is 2.32. The van der Waals surface area contributed by atoms with Crippen molar-refractivity contribution in [3.05, 3.63) is 71.3 Å². The number of likely N-dealkylation sites (N-methyl/N-ethyl adjacent to an activating group) is 2. The lowest BCUT2D eigenvalue weighted by atomic mass is 9.84. The Labute approximate surface area is 154 Å². The first-order valence-corrected chi connectivity index (χ1v) is 8.93. The Morgan fingerprint density at radius 3 is 2.54 bits per heavy atom. The summed E-state index contributed by atoms with van der Waals surface area (Å²) in [6.07, 6.45) is 0. The van der Waals surface area contributed by atoms with E-state index in [1.165, 1.54) is 10.5 Å². The van der Waals surface area contributed by atoms with Crippen molar-refractivity contribution in [1.82, 2.24) is 15.1 Å². The predicted molar refractivity (Wildman–Crippen MR) is 102 cm³/mol. The summed E-state index contributed by atoms with van der Waals surface area (Å²) in [5.74, 6) is -0.800. The van der Waals surface area contributed by atoms with E-state index in [4.69, 9.17) is 0 Å². The van der Waals surface area contributed by atoms with Crippen molar-refractivity contribution in [1.29, 1.82) is 0 Å². The van der Waals surface area contributed by atoms with Crippen molar-refractivity contribution in [2.75, 3.05) is 33.7 Å². The summed E-state index contributed by atoms with van der Waals surface area (Å²) in [6.45, 7) is 2.16. The summed E-state index contributed by atoms with van der Waals surface area (Å²) >= 11 is 0. The van der Waals surface area contributed by atoms with Crippen LogP contribution in [0.3, 0.4) is 0 Å². The molecule has 2 amide bonds. The molecule has 5 heteroatoms. The normalized spacial score (nSPS) is 16.1. The molecule has 1 heterocycles. The molecule has 1 unspecified atom stereocenters. The summed E-state index contributed by atoms with van der Waals surface area (Å²) in [7, 11) is 3.50. The highest BCUT2D eigenvalue weighted by atomic mass is 16.2. The number of hydrogen-bond donors (Lipinski definition) is 1. The van der Waals surface area contributed by atoms with E-state index in [2.05, 4.69) is 23.5 Å². The summed E-state index contributed by atoms with van der Waals surface area (Å²) in [4.78, 5) is 28.5. The number of fused-ring (bicyclic) bond motifs is 1. The molecule has 0 bridgehead atoms. The quantitative estimate of drug-likeness (QED) is 0.855. The largest absolute Gasteiger partial charge is 0.336 e. The topological polar surface area (TPSA) is 52.7 Å². The minimum atomic E-state index is -0.452. The number of amides is 2. The second-order valence-corrected chi connectivity index (χ2v) is 6.68. The Morgan fingerprint density at radius 2 is 1.81 bits per heavy atom. The van der Waals surface area contributed by atoms with Gasteiger partial charge in [0.05, 0.1) is 0 Å². The zero-order valence-electron chi connectivity index (χ0n) is 15.3. The minimum Gasteiger partial charge on any atom is -0.336 e. The molecule has 0 fully saturated rings. The third-order valence-electron chi connectivity index (χ3n) is 4.91. The molecular formula is C21H25N3O2. The second-order valence-electron chi connectivity index (χ2n) is 6.68. The molecule has 136 valence electrons. The maximum absolute atomic E-state index is 12.8. The van der Waals surface area contributed by atoms with Crippen molar-refractivity contribution in [2.24, 2.45) is 0 Å². The van der Waals surface area contributed by atoms with Gasteiger partial charge in [0, 0.05) is 39.1 Å². The molecule has 3 rings (SSSR count). The van der Waals surface area contributed by atoms with Gasteiger partial charge in [-0.2, -0.15) is 0 Å². The van der Waals surface area contributed by atoms with E-state index in [1.807, 2.05) is 43.4 Å². The van der Waals surface area contributed by atoms with Crippen LogP contribution in [0.4, 0.5) is 0 Å². The van der Waals surface area contributed by atoms with Crippen molar-refractivity contribution in [3.63, 3.8) is 0 Å². The smallest absolute Gasteiger partial charge is 0.312 e. The van der Waals surface area contributed by atoms with Crippen molar-refractivity contribution < 1.29 is 9.59 Å². The van der Waals surface area contributed by atoms with Crippen LogP contribution in [-0.4, -0.2) is 55.3 Å². The third kappa shape index (κ3) is 3.78. The zero-order chi connectivity index (χ0) is 18.5. The summed E-state index contributed by atoms with van der Waals surface area (Å²) in [6, 6.07) is 18.3. The van der Waals surface area contributed by atoms with Gasteiger partial charge >= 0.3 is 11.8 Å². The standard InChI is InChI=1S/C21H25N3O2/c1-22-12-13-23(2)20(25)21(26)24-14-17-10-6-7-11-18(17)19(15-24)16-8-4-3-5-9-16/h3-11,19,22H,12-15H2,1-2H3. The molecule has 5 nitrogen and oxygen atoms in total. The van der Waals surface area contributed by atoms with Crippen LogP contribution < -0.4 is 5.32 Å². The third-order valence-corrected chi connectivity index (χ3v) is 4.91. The average Bonchev–Trinajstić information content (AvgIpc) is 2.70. The lowest BCUT2D eigenvalue weighted by Crippen LogP contribution is -2.47. The molecule has 2 aromatic carbocycles. The Hall–Kier alpha value is -2.66. The highest BCUT2D eigenvalue weighted by molar-refractivity contribution is 6.34. The Kier molecular flexibility index (Phi) is 5.68. The Morgan fingerprint density at radius 1 is 1.12 bits per heavy atom. The monoisotopic (exact) mass is 351 g/mol. The van der Waals surface area contributed by atoms with E-state index in [-0.39, 0.29) is 5.92 Å². The molecule has 0 aromatic heterocycles. The first kappa shape index (κ1) is 18.1. The summed E-state index contributed by atoms with van der Waals surface area (Å²) < 4.78 is 0. The number of hydrogen-bond acceptors (Lipinski definition) is 3. The van der Waals surface area contributed by atoms with E-state index >= 15 is 0 Å². The van der Waals surface area contributed by atoms with Gasteiger partial charge in [-0.1, -0.05) is 54.6 Å². The van der Waals surface area contributed by atoms with Crippen LogP contribution in [0.2, 0.25) is 0 Å². The number of carbonyl (C=O) groups excluding carboxylic acids is 2. The van der Waals surface area contributed by atoms with E-state index in [0.29, 0.717) is 26.2 Å². The van der Waals surface area contributed by atoms with Crippen LogP contribution in [0, 0.1) is 0 Å². The number of nitrogens with zero attached hydrogens (tertiary/aromatic N) is 2. The van der Waals surface area contributed by atoms with Gasteiger partial charge in [-0.25, -0.2) is 0 Å². The molecule has 2 aromatic rings. The summed E-state index contributed by atoms with van der Waals surface area (Å²) in [5, 5.41) is 2.99. The Balaban J connectivity index is 1.84. The second kappa shape index (κ2) is 8.15. The minimum absolute atomic E-state index is 0.0838. The molecule has 0 spiro atoms. The first-order valence-electron chi connectivity index (χ1n) is 8.93. The van der Waals surface area contributed by atoms with Gasteiger partial charge in [-0.3, -0.25) is 9.59 Å². The van der Waals surface area contributed by atoms with Gasteiger partial charge in [-0.05, 0) is 23.7 Å². The van der Waals surface area contributed by atoms with Crippen molar-refractivity contribution in [3.8, 4) is 0 Å². The molecule has 0 saturated carbocycles. The fourth-order valence-corrected chi connectivity index (χ4v) is 3.41. The molecular weight excluding hydrogens is 326 g/mol. The van der Waals surface area contributed by atoms with Gasteiger partial charge in [-0.15, -0.1) is 0 Å². The Bertz CT molecular complexity index is 776. The van der Waals surface area contributed by atoms with E-state index < -0.39 is 11.8 Å². The SMILES string of the molecule is CNCCN(C)C(=O)C(=O)N1Cc2ccccc2C(c2ccccc2)C1. The van der Waals surface area contributed by atoms with Crippen molar-refractivity contribution >= 4 is 11.8 Å². The predicted octanol–water partition coefficient (Wildman–Crippen LogP) is 1.84. The van der Waals surface area contributed by atoms with E-state index in [0.717, 1.165) is 11.1 Å². The van der Waals surface area contributed by atoms with Gasteiger partial charge in [0.15, 0.2) is 0 Å². The molecule has 1 aliphatic heterocycles. The van der Waals surface area contributed by atoms with Gasteiger partial charge < -0.3 is 15.1 Å². The van der Waals surface area contributed by atoms with Crippen LogP contribution in [0.5, 0.6) is 0 Å². The molecule has 1 N–H and O–H groups in total. The van der Waals surface area contributed by atoms with Crippen LogP contribution >= 0.6 is 0 Å². The highest BCUT2D eigenvalue weighted by Crippen LogP contribution is 2.33. The van der Waals surface area contributed by atoms with E-state index in [9.17, 15) is 9.59 Å². The number of benzene rings is 2. The summed E-state index contributed by atoms with van der Waals surface area (Å²) in [5.41, 5.74) is 3.50. The van der Waals surface area contributed by atoms with Crippen LogP contribution in [-0.2, 0) is 16.1 Å². The van der Waals surface area contributed by atoms with Gasteiger partial charge in [0.25, 0.3) is 0 Å². The number of rotatable bonds is 4. The lowest BCUT2D eigenvalue weighted by Gasteiger charge is -2.35.